The molecule has 1 radical (unpaired) electrons. The van der Waals surface area contributed by atoms with Crippen LogP contribution in [0.2, 0.25) is 0 Å². The molecule has 0 spiro atoms. The molecular weight excluding hydrogens is 172 g/mol. The SMILES string of the molecule is CCOC(=O)C1(O[C]=O)CCCC1. The zero-order valence-corrected chi connectivity index (χ0v) is 7.67. The van der Waals surface area contributed by atoms with Gasteiger partial charge in [0.15, 0.2) is 0 Å². The largest absolute Gasteiger partial charge is 0.463 e. The molecule has 4 nitrogen and oxygen atoms in total. The molecule has 13 heavy (non-hydrogen) atoms. The molecule has 0 saturated heterocycles. The van der Waals surface area contributed by atoms with Gasteiger partial charge in [-0.05, 0) is 32.6 Å². The summed E-state index contributed by atoms with van der Waals surface area (Å²) in [6.07, 6.45) is 2.89. The van der Waals surface area contributed by atoms with Gasteiger partial charge in [0.2, 0.25) is 5.60 Å². The second kappa shape index (κ2) is 4.25. The lowest BCUT2D eigenvalue weighted by Gasteiger charge is -2.23. The Labute approximate surface area is 77.2 Å². The molecule has 0 unspecified atom stereocenters. The topological polar surface area (TPSA) is 52.6 Å². The number of ether oxygens (including phenoxy) is 2. The fourth-order valence-corrected chi connectivity index (χ4v) is 1.64. The van der Waals surface area contributed by atoms with Crippen LogP contribution in [0.15, 0.2) is 0 Å². The minimum absolute atomic E-state index is 0.308. The van der Waals surface area contributed by atoms with Crippen LogP contribution in [0, 0.1) is 0 Å². The van der Waals surface area contributed by atoms with Gasteiger partial charge in [-0.1, -0.05) is 0 Å². The summed E-state index contributed by atoms with van der Waals surface area (Å²) in [5.74, 6) is -0.434. The van der Waals surface area contributed by atoms with Crippen molar-refractivity contribution in [2.75, 3.05) is 6.61 Å². The minimum atomic E-state index is -1.03. The molecule has 1 aliphatic carbocycles. The van der Waals surface area contributed by atoms with Crippen molar-refractivity contribution in [3.63, 3.8) is 0 Å². The number of carbonyl (C=O) groups is 1. The van der Waals surface area contributed by atoms with E-state index >= 15 is 0 Å². The van der Waals surface area contributed by atoms with Gasteiger partial charge in [-0.25, -0.2) is 9.59 Å². The van der Waals surface area contributed by atoms with Gasteiger partial charge in [-0.3, -0.25) is 0 Å². The molecule has 0 aromatic carbocycles. The number of hydrogen-bond donors (Lipinski definition) is 0. The summed E-state index contributed by atoms with van der Waals surface area (Å²) >= 11 is 0. The third-order valence-corrected chi connectivity index (χ3v) is 2.30. The van der Waals surface area contributed by atoms with Crippen LogP contribution in [0.3, 0.4) is 0 Å². The molecule has 1 saturated carbocycles. The Morgan fingerprint density at radius 2 is 2.08 bits per heavy atom. The van der Waals surface area contributed by atoms with Crippen molar-refractivity contribution in [2.24, 2.45) is 0 Å². The van der Waals surface area contributed by atoms with Crippen molar-refractivity contribution in [2.45, 2.75) is 38.2 Å². The first kappa shape index (κ1) is 10.0. The van der Waals surface area contributed by atoms with E-state index in [9.17, 15) is 9.59 Å². The summed E-state index contributed by atoms with van der Waals surface area (Å²) in [5, 5.41) is 0. The lowest BCUT2D eigenvalue weighted by atomic mass is 10.0. The van der Waals surface area contributed by atoms with Crippen LogP contribution in [0.5, 0.6) is 0 Å². The maximum absolute atomic E-state index is 11.4. The fourth-order valence-electron chi connectivity index (χ4n) is 1.64. The Balaban J connectivity index is 2.65. The molecule has 1 fully saturated rings. The first-order valence-corrected chi connectivity index (χ1v) is 4.47. The summed E-state index contributed by atoms with van der Waals surface area (Å²) in [6, 6.07) is 0. The van der Waals surface area contributed by atoms with Gasteiger partial charge < -0.3 is 9.47 Å². The molecule has 0 N–H and O–H groups in total. The third kappa shape index (κ3) is 1.99. The predicted molar refractivity (Wildman–Crippen MR) is 44.6 cm³/mol. The average molecular weight is 185 g/mol. The van der Waals surface area contributed by atoms with Crippen LogP contribution in [0.4, 0.5) is 0 Å². The van der Waals surface area contributed by atoms with Crippen molar-refractivity contribution in [3.05, 3.63) is 0 Å². The summed E-state index contributed by atoms with van der Waals surface area (Å²) < 4.78 is 9.56. The van der Waals surface area contributed by atoms with Gasteiger partial charge in [0.25, 0.3) is 0 Å². The molecule has 1 rings (SSSR count). The zero-order valence-electron chi connectivity index (χ0n) is 7.67. The molecular formula is C9H13O4. The molecule has 0 aromatic rings. The lowest BCUT2D eigenvalue weighted by Crippen LogP contribution is -2.40. The summed E-state index contributed by atoms with van der Waals surface area (Å²) in [4.78, 5) is 21.6. The molecule has 0 amide bonds. The highest BCUT2D eigenvalue weighted by Crippen LogP contribution is 2.33. The Hall–Kier alpha value is -1.06. The Bertz CT molecular complexity index is 194. The number of hydrogen-bond acceptors (Lipinski definition) is 4. The van der Waals surface area contributed by atoms with Gasteiger partial charge in [0.1, 0.15) is 0 Å². The van der Waals surface area contributed by atoms with Crippen LogP contribution in [-0.4, -0.2) is 24.6 Å². The van der Waals surface area contributed by atoms with Gasteiger partial charge in [0.05, 0.1) is 6.61 Å². The summed E-state index contributed by atoms with van der Waals surface area (Å²) in [7, 11) is 0. The molecule has 0 atom stereocenters. The van der Waals surface area contributed by atoms with Gasteiger partial charge in [-0.2, -0.15) is 0 Å². The normalized spacial score (nSPS) is 19.5. The predicted octanol–water partition coefficient (Wildman–Crippen LogP) is 0.946. The van der Waals surface area contributed by atoms with Crippen LogP contribution < -0.4 is 0 Å². The van der Waals surface area contributed by atoms with Crippen molar-refractivity contribution in [3.8, 4) is 0 Å². The number of rotatable bonds is 4. The maximum Gasteiger partial charge on any atom is 0.418 e. The van der Waals surface area contributed by atoms with E-state index in [0.717, 1.165) is 12.8 Å². The molecule has 0 aliphatic heterocycles. The summed E-state index contributed by atoms with van der Waals surface area (Å²) in [6.45, 7) is 3.37. The standard InChI is InChI=1S/C9H13O4/c1-2-12-8(11)9(13-7-10)5-3-4-6-9/h2-6H2,1H3. The quantitative estimate of drug-likeness (QED) is 0.612. The van der Waals surface area contributed by atoms with Crippen LogP contribution in [0.25, 0.3) is 0 Å². The second-order valence-corrected chi connectivity index (χ2v) is 3.11. The first-order chi connectivity index (χ1) is 6.25. The van der Waals surface area contributed by atoms with Crippen molar-refractivity contribution in [1.82, 2.24) is 0 Å². The van der Waals surface area contributed by atoms with Crippen molar-refractivity contribution < 1.29 is 19.1 Å². The Kier molecular flexibility index (Phi) is 3.28. The lowest BCUT2D eigenvalue weighted by molar-refractivity contribution is -0.162. The van der Waals surface area contributed by atoms with Crippen LogP contribution in [0.1, 0.15) is 32.6 Å². The average Bonchev–Trinajstić information content (AvgIpc) is 2.55. The van der Waals surface area contributed by atoms with E-state index in [1.54, 1.807) is 6.92 Å². The number of esters is 1. The molecule has 4 heteroatoms. The van der Waals surface area contributed by atoms with Gasteiger partial charge >= 0.3 is 12.4 Å². The number of carbonyl (C=O) groups excluding carboxylic acids is 2. The van der Waals surface area contributed by atoms with Crippen LogP contribution in [-0.2, 0) is 19.1 Å². The van der Waals surface area contributed by atoms with Gasteiger partial charge in [-0.15, -0.1) is 0 Å². The van der Waals surface area contributed by atoms with Gasteiger partial charge in [0, 0.05) is 0 Å². The van der Waals surface area contributed by atoms with E-state index in [2.05, 4.69) is 0 Å². The molecule has 73 valence electrons. The maximum atomic E-state index is 11.4. The van der Waals surface area contributed by atoms with Crippen molar-refractivity contribution >= 4 is 12.4 Å². The molecule has 0 aromatic heterocycles. The fraction of sp³-hybridized carbons (Fsp3) is 0.778. The minimum Gasteiger partial charge on any atom is -0.463 e. The highest BCUT2D eigenvalue weighted by Gasteiger charge is 2.45. The third-order valence-electron chi connectivity index (χ3n) is 2.30. The second-order valence-electron chi connectivity index (χ2n) is 3.11. The van der Waals surface area contributed by atoms with E-state index in [4.69, 9.17) is 9.47 Å². The summed E-state index contributed by atoms with van der Waals surface area (Å²) in [5.41, 5.74) is -1.03. The first-order valence-electron chi connectivity index (χ1n) is 4.47. The van der Waals surface area contributed by atoms with E-state index in [-0.39, 0.29) is 0 Å². The van der Waals surface area contributed by atoms with E-state index in [1.165, 1.54) is 6.47 Å². The van der Waals surface area contributed by atoms with Crippen molar-refractivity contribution in [1.29, 1.82) is 0 Å². The zero-order chi connectivity index (χ0) is 9.73. The highest BCUT2D eigenvalue weighted by atomic mass is 16.6. The monoisotopic (exact) mass is 185 g/mol. The highest BCUT2D eigenvalue weighted by molar-refractivity contribution is 5.81. The van der Waals surface area contributed by atoms with E-state index in [0.29, 0.717) is 19.4 Å². The van der Waals surface area contributed by atoms with Crippen LogP contribution >= 0.6 is 0 Å². The van der Waals surface area contributed by atoms with E-state index < -0.39 is 11.6 Å². The molecule has 1 aliphatic rings. The smallest absolute Gasteiger partial charge is 0.418 e. The van der Waals surface area contributed by atoms with E-state index in [1.807, 2.05) is 0 Å². The Morgan fingerprint density at radius 3 is 2.54 bits per heavy atom. The molecule has 0 bridgehead atoms. The molecule has 0 heterocycles. The Morgan fingerprint density at radius 1 is 1.46 bits per heavy atom.